The van der Waals surface area contributed by atoms with Gasteiger partial charge in [-0.05, 0) is 31.8 Å². The van der Waals surface area contributed by atoms with E-state index < -0.39 is 0 Å². The summed E-state index contributed by atoms with van der Waals surface area (Å²) in [5, 5.41) is 10.4. The first-order valence-electron chi connectivity index (χ1n) is 7.69. The molecular formula is C16H24FN7. The second-order valence-corrected chi connectivity index (χ2v) is 5.74. The largest absolute Gasteiger partial charge is 0.352 e. The van der Waals surface area contributed by atoms with Crippen molar-refractivity contribution in [2.24, 2.45) is 12.0 Å². The maximum atomic E-state index is 13.8. The Balaban J connectivity index is 1.92. The predicted octanol–water partition coefficient (Wildman–Crippen LogP) is 0.881. The van der Waals surface area contributed by atoms with E-state index in [1.165, 1.54) is 12.4 Å². The van der Waals surface area contributed by atoms with Gasteiger partial charge in [0.1, 0.15) is 18.0 Å². The summed E-state index contributed by atoms with van der Waals surface area (Å²) >= 11 is 0. The molecule has 0 saturated heterocycles. The standard InChI is InChI=1S/C16H24FN7/c1-18-16(20-9-15-21-11-22-24(15)4)19-8-12-5-6-14(17)13(7-12)10-23(2)3/h5-7,11H,8-10H2,1-4H3,(H2,18,19,20). The Labute approximate surface area is 141 Å². The molecule has 1 heterocycles. The van der Waals surface area contributed by atoms with Crippen LogP contribution in [0.25, 0.3) is 0 Å². The molecule has 2 N–H and O–H groups in total. The maximum absolute atomic E-state index is 13.8. The van der Waals surface area contributed by atoms with Crippen LogP contribution in [0.2, 0.25) is 0 Å². The molecule has 0 unspecified atom stereocenters. The SMILES string of the molecule is CN=C(NCc1ccc(F)c(CN(C)C)c1)NCc1ncnn1C. The number of guanidine groups is 1. The minimum Gasteiger partial charge on any atom is -0.352 e. The number of aliphatic imine (C=N–C) groups is 1. The zero-order valence-electron chi connectivity index (χ0n) is 14.5. The molecule has 7 nitrogen and oxygen atoms in total. The van der Waals surface area contributed by atoms with Gasteiger partial charge < -0.3 is 15.5 Å². The van der Waals surface area contributed by atoms with Gasteiger partial charge in [-0.15, -0.1) is 0 Å². The number of aryl methyl sites for hydroxylation is 1. The van der Waals surface area contributed by atoms with E-state index in [9.17, 15) is 4.39 Å². The van der Waals surface area contributed by atoms with Gasteiger partial charge in [0.2, 0.25) is 0 Å². The fraction of sp³-hybridized carbons (Fsp3) is 0.438. The monoisotopic (exact) mass is 333 g/mol. The quantitative estimate of drug-likeness (QED) is 0.607. The molecule has 130 valence electrons. The average molecular weight is 333 g/mol. The van der Waals surface area contributed by atoms with Gasteiger partial charge in [-0.2, -0.15) is 5.10 Å². The first-order valence-corrected chi connectivity index (χ1v) is 7.69. The van der Waals surface area contributed by atoms with Crippen LogP contribution in [-0.2, 0) is 26.7 Å². The summed E-state index contributed by atoms with van der Waals surface area (Å²) in [6, 6.07) is 5.15. The molecule has 0 aliphatic heterocycles. The van der Waals surface area contributed by atoms with E-state index in [-0.39, 0.29) is 5.82 Å². The summed E-state index contributed by atoms with van der Waals surface area (Å²) in [5.41, 5.74) is 1.68. The lowest BCUT2D eigenvalue weighted by molar-refractivity contribution is 0.392. The Morgan fingerprint density at radius 2 is 2.04 bits per heavy atom. The number of benzene rings is 1. The molecule has 2 rings (SSSR count). The third kappa shape index (κ3) is 5.02. The first-order chi connectivity index (χ1) is 11.5. The molecule has 0 radical (unpaired) electrons. The summed E-state index contributed by atoms with van der Waals surface area (Å²) < 4.78 is 15.5. The smallest absolute Gasteiger partial charge is 0.191 e. The van der Waals surface area contributed by atoms with Crippen molar-refractivity contribution < 1.29 is 4.39 Å². The van der Waals surface area contributed by atoms with Crippen LogP contribution < -0.4 is 10.6 Å². The van der Waals surface area contributed by atoms with Crippen LogP contribution in [0.4, 0.5) is 4.39 Å². The Morgan fingerprint density at radius 3 is 2.67 bits per heavy atom. The van der Waals surface area contributed by atoms with Gasteiger partial charge in [0.05, 0.1) is 6.54 Å². The summed E-state index contributed by atoms with van der Waals surface area (Å²) in [6.45, 7) is 1.64. The maximum Gasteiger partial charge on any atom is 0.191 e. The zero-order valence-corrected chi connectivity index (χ0v) is 14.5. The van der Waals surface area contributed by atoms with E-state index in [4.69, 9.17) is 0 Å². The summed E-state index contributed by atoms with van der Waals surface area (Å²) in [6.07, 6.45) is 1.51. The van der Waals surface area contributed by atoms with Crippen LogP contribution in [0, 0.1) is 5.82 Å². The predicted molar refractivity (Wildman–Crippen MR) is 91.8 cm³/mol. The van der Waals surface area contributed by atoms with Crippen molar-refractivity contribution in [1.82, 2.24) is 30.3 Å². The topological polar surface area (TPSA) is 70.4 Å². The second-order valence-electron chi connectivity index (χ2n) is 5.74. The lowest BCUT2D eigenvalue weighted by Gasteiger charge is -2.14. The summed E-state index contributed by atoms with van der Waals surface area (Å²) in [5.74, 6) is 1.28. The minimum atomic E-state index is -0.183. The number of nitrogens with one attached hydrogen (secondary N) is 2. The highest BCUT2D eigenvalue weighted by Crippen LogP contribution is 2.12. The van der Waals surface area contributed by atoms with Crippen molar-refractivity contribution in [3.8, 4) is 0 Å². The van der Waals surface area contributed by atoms with Crippen molar-refractivity contribution in [2.75, 3.05) is 21.1 Å². The van der Waals surface area contributed by atoms with Crippen molar-refractivity contribution in [3.05, 3.63) is 47.3 Å². The van der Waals surface area contributed by atoms with Crippen LogP contribution in [0.15, 0.2) is 29.5 Å². The Kier molecular flexibility index (Phi) is 6.25. The van der Waals surface area contributed by atoms with Crippen molar-refractivity contribution in [3.63, 3.8) is 0 Å². The number of rotatable bonds is 6. The summed E-state index contributed by atoms with van der Waals surface area (Å²) in [7, 11) is 7.38. The fourth-order valence-corrected chi connectivity index (χ4v) is 2.25. The second kappa shape index (κ2) is 8.39. The molecule has 8 heteroatoms. The first kappa shape index (κ1) is 17.9. The molecule has 0 aliphatic carbocycles. The van der Waals surface area contributed by atoms with Gasteiger partial charge in [0.25, 0.3) is 0 Å². The average Bonchev–Trinajstić information content (AvgIpc) is 2.95. The molecule has 0 atom stereocenters. The van der Waals surface area contributed by atoms with Gasteiger partial charge in [0, 0.05) is 32.7 Å². The number of aromatic nitrogens is 3. The van der Waals surface area contributed by atoms with Gasteiger partial charge in [-0.1, -0.05) is 6.07 Å². The molecule has 0 spiro atoms. The van der Waals surface area contributed by atoms with Crippen LogP contribution >= 0.6 is 0 Å². The molecule has 0 aliphatic rings. The number of nitrogens with zero attached hydrogens (tertiary/aromatic N) is 5. The molecule has 2 aromatic rings. The molecular weight excluding hydrogens is 309 g/mol. The minimum absolute atomic E-state index is 0.183. The van der Waals surface area contributed by atoms with Crippen LogP contribution in [-0.4, -0.2) is 46.8 Å². The third-order valence-electron chi connectivity index (χ3n) is 3.50. The van der Waals surface area contributed by atoms with Crippen molar-refractivity contribution >= 4 is 5.96 Å². The zero-order chi connectivity index (χ0) is 17.5. The number of hydrogen-bond acceptors (Lipinski definition) is 4. The Hall–Kier alpha value is -2.48. The van der Waals surface area contributed by atoms with Gasteiger partial charge >= 0.3 is 0 Å². The van der Waals surface area contributed by atoms with E-state index in [0.717, 1.165) is 11.4 Å². The third-order valence-corrected chi connectivity index (χ3v) is 3.50. The van der Waals surface area contributed by atoms with Crippen molar-refractivity contribution in [2.45, 2.75) is 19.6 Å². The van der Waals surface area contributed by atoms with Crippen LogP contribution in [0.3, 0.4) is 0 Å². The molecule has 0 saturated carbocycles. The number of hydrogen-bond donors (Lipinski definition) is 2. The van der Waals surface area contributed by atoms with E-state index in [0.29, 0.717) is 31.2 Å². The molecule has 24 heavy (non-hydrogen) atoms. The lowest BCUT2D eigenvalue weighted by Crippen LogP contribution is -2.37. The van der Waals surface area contributed by atoms with Gasteiger partial charge in [-0.3, -0.25) is 9.67 Å². The molecule has 1 aromatic heterocycles. The molecule has 0 fully saturated rings. The van der Waals surface area contributed by atoms with Crippen LogP contribution in [0.1, 0.15) is 17.0 Å². The van der Waals surface area contributed by atoms with Crippen molar-refractivity contribution in [1.29, 1.82) is 0 Å². The Bertz CT molecular complexity index is 693. The van der Waals surface area contributed by atoms with E-state index >= 15 is 0 Å². The van der Waals surface area contributed by atoms with E-state index in [1.807, 2.05) is 32.1 Å². The normalized spacial score (nSPS) is 11.8. The van der Waals surface area contributed by atoms with E-state index in [2.05, 4.69) is 25.7 Å². The molecule has 0 amide bonds. The highest BCUT2D eigenvalue weighted by molar-refractivity contribution is 5.79. The fourth-order valence-electron chi connectivity index (χ4n) is 2.25. The highest BCUT2D eigenvalue weighted by atomic mass is 19.1. The van der Waals surface area contributed by atoms with Crippen LogP contribution in [0.5, 0.6) is 0 Å². The van der Waals surface area contributed by atoms with Gasteiger partial charge in [-0.25, -0.2) is 9.37 Å². The molecule has 0 bridgehead atoms. The number of halogens is 1. The summed E-state index contributed by atoms with van der Waals surface area (Å²) in [4.78, 5) is 10.3. The Morgan fingerprint density at radius 1 is 1.29 bits per heavy atom. The van der Waals surface area contributed by atoms with E-state index in [1.54, 1.807) is 17.8 Å². The molecule has 1 aromatic carbocycles. The lowest BCUT2D eigenvalue weighted by atomic mass is 10.1. The van der Waals surface area contributed by atoms with Gasteiger partial charge in [0.15, 0.2) is 5.96 Å². The highest BCUT2D eigenvalue weighted by Gasteiger charge is 2.06.